The first-order chi connectivity index (χ1) is 8.04. The molecule has 1 heterocycles. The Morgan fingerprint density at radius 3 is 2.29 bits per heavy atom. The third-order valence-electron chi connectivity index (χ3n) is 2.63. The number of rotatable bonds is 4. The summed E-state index contributed by atoms with van der Waals surface area (Å²) in [7, 11) is 0. The van der Waals surface area contributed by atoms with Crippen LogP contribution in [0.4, 0.5) is 0 Å². The molecule has 17 heavy (non-hydrogen) atoms. The molecule has 0 atom stereocenters. The number of carbonyl (C=O) groups excluding carboxylic acids is 1. The number of aryl methyl sites for hydroxylation is 2. The van der Waals surface area contributed by atoms with Gasteiger partial charge >= 0.3 is 0 Å². The lowest BCUT2D eigenvalue weighted by Crippen LogP contribution is -2.32. The quantitative estimate of drug-likeness (QED) is 0.610. The highest BCUT2D eigenvalue weighted by molar-refractivity contribution is 7.98. The number of thioether (sulfide) groups is 1. The molecule has 0 radical (unpaired) electrons. The zero-order valence-electron chi connectivity index (χ0n) is 11.1. The van der Waals surface area contributed by atoms with E-state index in [1.165, 1.54) is 11.8 Å². The molecule has 0 aliphatic rings. The normalized spacial score (nSPS) is 10.4. The minimum absolute atomic E-state index is 0.0249. The Kier molecular flexibility index (Phi) is 4.93. The van der Waals surface area contributed by atoms with Crippen LogP contribution >= 0.6 is 11.8 Å². The van der Waals surface area contributed by atoms with Gasteiger partial charge in [0.25, 0.3) is 5.91 Å². The van der Waals surface area contributed by atoms with E-state index >= 15 is 0 Å². The van der Waals surface area contributed by atoms with E-state index in [-0.39, 0.29) is 5.91 Å². The molecule has 0 spiro atoms. The van der Waals surface area contributed by atoms with Gasteiger partial charge in [-0.15, -0.1) is 11.8 Å². The van der Waals surface area contributed by atoms with Crippen LogP contribution < -0.4 is 0 Å². The lowest BCUT2D eigenvalue weighted by molar-refractivity contribution is 0.0767. The molecule has 0 unspecified atom stereocenters. The summed E-state index contributed by atoms with van der Waals surface area (Å²) in [6, 6.07) is 0. The first-order valence-electron chi connectivity index (χ1n) is 5.73. The van der Waals surface area contributed by atoms with E-state index in [2.05, 4.69) is 9.97 Å². The van der Waals surface area contributed by atoms with Crippen LogP contribution in [0.15, 0.2) is 5.03 Å². The van der Waals surface area contributed by atoms with E-state index in [4.69, 9.17) is 0 Å². The Morgan fingerprint density at radius 2 is 1.82 bits per heavy atom. The van der Waals surface area contributed by atoms with Crippen LogP contribution in [0.25, 0.3) is 0 Å². The highest BCUT2D eigenvalue weighted by atomic mass is 32.2. The first-order valence-corrected chi connectivity index (χ1v) is 6.96. The van der Waals surface area contributed by atoms with Crippen molar-refractivity contribution in [2.45, 2.75) is 32.7 Å². The fraction of sp³-hybridized carbons (Fsp3) is 0.583. The second-order valence-electron chi connectivity index (χ2n) is 3.72. The van der Waals surface area contributed by atoms with Crippen molar-refractivity contribution in [3.8, 4) is 0 Å². The largest absolute Gasteiger partial charge is 0.339 e. The Labute approximate surface area is 107 Å². The zero-order chi connectivity index (χ0) is 13.0. The van der Waals surface area contributed by atoms with Gasteiger partial charge in [-0.1, -0.05) is 0 Å². The molecule has 0 saturated heterocycles. The number of hydrogen-bond acceptors (Lipinski definition) is 4. The van der Waals surface area contributed by atoms with Crippen LogP contribution in [0.3, 0.4) is 0 Å². The molecule has 4 nitrogen and oxygen atoms in total. The SMILES string of the molecule is CCN(CC)C(=O)c1c(C)nc(C)nc1SC. The third-order valence-corrected chi connectivity index (χ3v) is 3.31. The minimum Gasteiger partial charge on any atom is -0.339 e. The molecule has 94 valence electrons. The van der Waals surface area contributed by atoms with Gasteiger partial charge in [-0.25, -0.2) is 9.97 Å². The van der Waals surface area contributed by atoms with Crippen LogP contribution in [-0.2, 0) is 0 Å². The summed E-state index contributed by atoms with van der Waals surface area (Å²) in [6.45, 7) is 9.07. The maximum Gasteiger partial charge on any atom is 0.258 e. The van der Waals surface area contributed by atoms with Gasteiger partial charge in [0, 0.05) is 13.1 Å². The molecular formula is C12H19N3OS. The summed E-state index contributed by atoms with van der Waals surface area (Å²) < 4.78 is 0. The highest BCUT2D eigenvalue weighted by Crippen LogP contribution is 2.21. The summed E-state index contributed by atoms with van der Waals surface area (Å²) in [4.78, 5) is 22.8. The van der Waals surface area contributed by atoms with Crippen molar-refractivity contribution in [2.75, 3.05) is 19.3 Å². The van der Waals surface area contributed by atoms with Crippen LogP contribution in [0.2, 0.25) is 0 Å². The standard InChI is InChI=1S/C12H19N3OS/c1-6-15(7-2)12(16)10-8(3)13-9(4)14-11(10)17-5/h6-7H2,1-5H3. The molecule has 1 aromatic rings. The second kappa shape index (κ2) is 6.00. The Bertz CT molecular complexity index is 416. The molecule has 5 heteroatoms. The zero-order valence-corrected chi connectivity index (χ0v) is 11.9. The van der Waals surface area contributed by atoms with Gasteiger partial charge in [0.1, 0.15) is 10.9 Å². The van der Waals surface area contributed by atoms with Gasteiger partial charge in [0.15, 0.2) is 0 Å². The first kappa shape index (κ1) is 14.0. The molecule has 0 aromatic carbocycles. The van der Waals surface area contributed by atoms with Crippen molar-refractivity contribution in [2.24, 2.45) is 0 Å². The molecule has 1 rings (SSSR count). The number of nitrogens with zero attached hydrogens (tertiary/aromatic N) is 3. The van der Waals surface area contributed by atoms with Gasteiger partial charge in [0.2, 0.25) is 0 Å². The Balaban J connectivity index is 3.25. The highest BCUT2D eigenvalue weighted by Gasteiger charge is 2.21. The number of amides is 1. The molecule has 1 amide bonds. The monoisotopic (exact) mass is 253 g/mol. The average Bonchev–Trinajstić information content (AvgIpc) is 2.29. The van der Waals surface area contributed by atoms with Gasteiger partial charge in [-0.2, -0.15) is 0 Å². The van der Waals surface area contributed by atoms with Gasteiger partial charge in [-0.05, 0) is 34.0 Å². The predicted molar refractivity (Wildman–Crippen MR) is 70.5 cm³/mol. The molecule has 0 aliphatic carbocycles. The fourth-order valence-electron chi connectivity index (χ4n) is 1.74. The lowest BCUT2D eigenvalue weighted by Gasteiger charge is -2.20. The minimum atomic E-state index is 0.0249. The summed E-state index contributed by atoms with van der Waals surface area (Å²) in [5.74, 6) is 0.736. The lowest BCUT2D eigenvalue weighted by atomic mass is 10.2. The fourth-order valence-corrected chi connectivity index (χ4v) is 2.41. The van der Waals surface area contributed by atoms with Gasteiger partial charge < -0.3 is 4.90 Å². The second-order valence-corrected chi connectivity index (χ2v) is 4.51. The van der Waals surface area contributed by atoms with Crippen molar-refractivity contribution in [3.63, 3.8) is 0 Å². The average molecular weight is 253 g/mol. The van der Waals surface area contributed by atoms with Crippen molar-refractivity contribution in [1.29, 1.82) is 0 Å². The number of hydrogen-bond donors (Lipinski definition) is 0. The summed E-state index contributed by atoms with van der Waals surface area (Å²) >= 11 is 1.49. The van der Waals surface area contributed by atoms with E-state index in [0.717, 1.165) is 10.7 Å². The van der Waals surface area contributed by atoms with E-state index in [1.54, 1.807) is 4.90 Å². The van der Waals surface area contributed by atoms with Crippen LogP contribution in [-0.4, -0.2) is 40.1 Å². The van der Waals surface area contributed by atoms with E-state index in [1.807, 2.05) is 34.0 Å². The molecule has 1 aromatic heterocycles. The van der Waals surface area contributed by atoms with E-state index < -0.39 is 0 Å². The molecule has 0 saturated carbocycles. The van der Waals surface area contributed by atoms with Gasteiger partial charge in [-0.3, -0.25) is 4.79 Å². The van der Waals surface area contributed by atoms with Crippen LogP contribution in [0.1, 0.15) is 35.7 Å². The van der Waals surface area contributed by atoms with Crippen LogP contribution in [0, 0.1) is 13.8 Å². The van der Waals surface area contributed by atoms with E-state index in [0.29, 0.717) is 24.5 Å². The van der Waals surface area contributed by atoms with Gasteiger partial charge in [0.05, 0.1) is 11.3 Å². The van der Waals surface area contributed by atoms with Crippen molar-refractivity contribution in [3.05, 3.63) is 17.1 Å². The van der Waals surface area contributed by atoms with Crippen molar-refractivity contribution in [1.82, 2.24) is 14.9 Å². The molecule has 0 aliphatic heterocycles. The molecule has 0 N–H and O–H groups in total. The topological polar surface area (TPSA) is 46.1 Å². The summed E-state index contributed by atoms with van der Waals surface area (Å²) in [5, 5.41) is 0.770. The smallest absolute Gasteiger partial charge is 0.258 e. The number of carbonyl (C=O) groups is 1. The molecule has 0 fully saturated rings. The number of aromatic nitrogens is 2. The third kappa shape index (κ3) is 2.97. The maximum absolute atomic E-state index is 12.4. The Hall–Kier alpha value is -1.10. The summed E-state index contributed by atoms with van der Waals surface area (Å²) in [5.41, 5.74) is 1.41. The molecular weight excluding hydrogens is 234 g/mol. The van der Waals surface area contributed by atoms with Crippen molar-refractivity contribution >= 4 is 17.7 Å². The summed E-state index contributed by atoms with van der Waals surface area (Å²) in [6.07, 6.45) is 1.93. The Morgan fingerprint density at radius 1 is 1.24 bits per heavy atom. The van der Waals surface area contributed by atoms with E-state index in [9.17, 15) is 4.79 Å². The molecule has 0 bridgehead atoms. The van der Waals surface area contributed by atoms with Crippen LogP contribution in [0.5, 0.6) is 0 Å². The predicted octanol–water partition coefficient (Wildman–Crippen LogP) is 2.30. The van der Waals surface area contributed by atoms with Crippen molar-refractivity contribution < 1.29 is 4.79 Å². The maximum atomic E-state index is 12.4.